The standard InChI is InChI=1S/C22H26ClN5O3/c1-4-7-14(5-2)15-8-10-16(11-9-15)21(30)27-22-25-19(23)18-20(26-22)28(13-24-18)12-17(29)31-6-3/h8-11,13-14H,4-7,12H2,1-3H3,(H,25,26,27,30). The van der Waals surface area contributed by atoms with E-state index in [1.165, 1.54) is 16.5 Å². The number of aromatic nitrogens is 4. The molecular weight excluding hydrogens is 418 g/mol. The molecule has 8 nitrogen and oxygen atoms in total. The van der Waals surface area contributed by atoms with Gasteiger partial charge in [0.2, 0.25) is 5.95 Å². The number of imidazole rings is 1. The fourth-order valence-electron chi connectivity index (χ4n) is 3.46. The number of nitrogens with one attached hydrogen (secondary N) is 1. The second-order valence-corrected chi connectivity index (χ2v) is 7.52. The van der Waals surface area contributed by atoms with E-state index in [9.17, 15) is 9.59 Å². The number of hydrogen-bond donors (Lipinski definition) is 1. The molecule has 9 heteroatoms. The van der Waals surface area contributed by atoms with Gasteiger partial charge in [0.15, 0.2) is 10.8 Å². The minimum Gasteiger partial charge on any atom is -0.465 e. The maximum Gasteiger partial charge on any atom is 0.326 e. The molecule has 0 aliphatic carbocycles. The molecule has 3 rings (SSSR count). The molecule has 0 spiro atoms. The molecule has 1 atom stereocenters. The van der Waals surface area contributed by atoms with Gasteiger partial charge in [-0.2, -0.15) is 9.97 Å². The lowest BCUT2D eigenvalue weighted by Gasteiger charge is -2.14. The Labute approximate surface area is 186 Å². The van der Waals surface area contributed by atoms with Gasteiger partial charge in [0.05, 0.1) is 12.9 Å². The summed E-state index contributed by atoms with van der Waals surface area (Å²) in [4.78, 5) is 37.1. The topological polar surface area (TPSA) is 99.0 Å². The van der Waals surface area contributed by atoms with E-state index < -0.39 is 5.97 Å². The summed E-state index contributed by atoms with van der Waals surface area (Å²) in [6.07, 6.45) is 4.74. The first-order valence-electron chi connectivity index (χ1n) is 10.4. The molecule has 2 heterocycles. The third-order valence-electron chi connectivity index (χ3n) is 5.03. The van der Waals surface area contributed by atoms with Crippen LogP contribution in [0.3, 0.4) is 0 Å². The van der Waals surface area contributed by atoms with E-state index in [4.69, 9.17) is 16.3 Å². The fourth-order valence-corrected chi connectivity index (χ4v) is 3.68. The maximum atomic E-state index is 12.7. The molecule has 0 radical (unpaired) electrons. The third kappa shape index (κ3) is 5.38. The van der Waals surface area contributed by atoms with Crippen LogP contribution in [0.2, 0.25) is 5.15 Å². The second kappa shape index (κ2) is 10.3. The van der Waals surface area contributed by atoms with E-state index >= 15 is 0 Å². The average Bonchev–Trinajstić information content (AvgIpc) is 3.15. The molecule has 0 aliphatic rings. The summed E-state index contributed by atoms with van der Waals surface area (Å²) >= 11 is 6.21. The maximum absolute atomic E-state index is 12.7. The van der Waals surface area contributed by atoms with Gasteiger partial charge in [-0.1, -0.05) is 44.0 Å². The zero-order valence-electron chi connectivity index (χ0n) is 17.9. The summed E-state index contributed by atoms with van der Waals surface area (Å²) in [5.74, 6) is -0.237. The molecule has 31 heavy (non-hydrogen) atoms. The van der Waals surface area contributed by atoms with E-state index in [1.54, 1.807) is 19.1 Å². The summed E-state index contributed by atoms with van der Waals surface area (Å²) in [6.45, 7) is 6.28. The number of halogens is 1. The lowest BCUT2D eigenvalue weighted by molar-refractivity contribution is -0.143. The van der Waals surface area contributed by atoms with Crippen molar-refractivity contribution in [3.8, 4) is 0 Å². The highest BCUT2D eigenvalue weighted by Gasteiger charge is 2.17. The van der Waals surface area contributed by atoms with Gasteiger partial charge in [-0.05, 0) is 43.4 Å². The number of amides is 1. The first-order chi connectivity index (χ1) is 15.0. The van der Waals surface area contributed by atoms with Gasteiger partial charge in [0, 0.05) is 5.56 Å². The smallest absolute Gasteiger partial charge is 0.326 e. The van der Waals surface area contributed by atoms with Crippen LogP contribution in [0.25, 0.3) is 11.2 Å². The quantitative estimate of drug-likeness (QED) is 0.383. The number of carbonyl (C=O) groups is 2. The number of benzene rings is 1. The Hall–Kier alpha value is -3.00. The van der Waals surface area contributed by atoms with Gasteiger partial charge in [-0.25, -0.2) is 4.98 Å². The van der Waals surface area contributed by atoms with Crippen LogP contribution in [0.5, 0.6) is 0 Å². The lowest BCUT2D eigenvalue weighted by Crippen LogP contribution is -2.16. The number of ether oxygens (including phenoxy) is 1. The van der Waals surface area contributed by atoms with E-state index in [1.807, 2.05) is 12.1 Å². The molecule has 1 unspecified atom stereocenters. The number of nitrogens with zero attached hydrogens (tertiary/aromatic N) is 4. The van der Waals surface area contributed by atoms with Crippen LogP contribution >= 0.6 is 11.6 Å². The zero-order valence-corrected chi connectivity index (χ0v) is 18.6. The Morgan fingerprint density at radius 3 is 2.55 bits per heavy atom. The van der Waals surface area contributed by atoms with Gasteiger partial charge in [0.1, 0.15) is 12.1 Å². The number of hydrogen-bond acceptors (Lipinski definition) is 6. The van der Waals surface area contributed by atoms with Crippen molar-refractivity contribution in [1.29, 1.82) is 0 Å². The largest absolute Gasteiger partial charge is 0.465 e. The van der Waals surface area contributed by atoms with E-state index in [0.29, 0.717) is 22.6 Å². The highest BCUT2D eigenvalue weighted by molar-refractivity contribution is 6.33. The van der Waals surface area contributed by atoms with Crippen LogP contribution in [0.4, 0.5) is 5.95 Å². The van der Waals surface area contributed by atoms with Gasteiger partial charge >= 0.3 is 5.97 Å². The summed E-state index contributed by atoms with van der Waals surface area (Å²) in [5, 5.41) is 2.76. The second-order valence-electron chi connectivity index (χ2n) is 7.16. The van der Waals surface area contributed by atoms with Crippen molar-refractivity contribution < 1.29 is 14.3 Å². The van der Waals surface area contributed by atoms with Crippen LogP contribution in [0, 0.1) is 0 Å². The van der Waals surface area contributed by atoms with Crippen molar-refractivity contribution in [2.45, 2.75) is 52.5 Å². The highest BCUT2D eigenvalue weighted by atomic mass is 35.5. The summed E-state index contributed by atoms with van der Waals surface area (Å²) in [5.41, 5.74) is 2.40. The fraction of sp³-hybridized carbons (Fsp3) is 0.409. The predicted molar refractivity (Wildman–Crippen MR) is 119 cm³/mol. The number of esters is 1. The zero-order chi connectivity index (χ0) is 22.4. The van der Waals surface area contributed by atoms with Crippen molar-refractivity contribution in [3.63, 3.8) is 0 Å². The Kier molecular flexibility index (Phi) is 7.57. The lowest BCUT2D eigenvalue weighted by atomic mass is 9.91. The number of fused-ring (bicyclic) bond motifs is 1. The Bertz CT molecular complexity index is 1060. The van der Waals surface area contributed by atoms with E-state index in [2.05, 4.69) is 34.1 Å². The molecule has 3 aromatic rings. The van der Waals surface area contributed by atoms with Crippen molar-refractivity contribution in [3.05, 3.63) is 46.9 Å². The average molecular weight is 444 g/mol. The third-order valence-corrected chi connectivity index (χ3v) is 5.29. The van der Waals surface area contributed by atoms with Crippen LogP contribution < -0.4 is 5.32 Å². The minimum atomic E-state index is -0.421. The summed E-state index contributed by atoms with van der Waals surface area (Å²) in [6, 6.07) is 7.58. The molecule has 1 amide bonds. The Morgan fingerprint density at radius 2 is 1.90 bits per heavy atom. The molecule has 1 N–H and O–H groups in total. The number of rotatable bonds is 9. The van der Waals surface area contributed by atoms with Crippen molar-refractivity contribution >= 4 is 40.6 Å². The van der Waals surface area contributed by atoms with E-state index in [-0.39, 0.29) is 30.2 Å². The Balaban J connectivity index is 1.79. The van der Waals surface area contributed by atoms with Crippen LogP contribution in [0.1, 0.15) is 61.9 Å². The van der Waals surface area contributed by atoms with Crippen LogP contribution in [0.15, 0.2) is 30.6 Å². The molecule has 1 aromatic carbocycles. The van der Waals surface area contributed by atoms with Gasteiger partial charge in [-0.3, -0.25) is 14.9 Å². The van der Waals surface area contributed by atoms with Crippen molar-refractivity contribution in [1.82, 2.24) is 19.5 Å². The molecule has 0 aliphatic heterocycles. The van der Waals surface area contributed by atoms with Crippen molar-refractivity contribution in [2.75, 3.05) is 11.9 Å². The molecule has 2 aromatic heterocycles. The van der Waals surface area contributed by atoms with Crippen LogP contribution in [-0.4, -0.2) is 38.0 Å². The minimum absolute atomic E-state index is 0.0367. The SMILES string of the molecule is CCCC(CC)c1ccc(C(=O)Nc2nc(Cl)c3ncn(CC(=O)OCC)c3n2)cc1. The summed E-state index contributed by atoms with van der Waals surface area (Å²) in [7, 11) is 0. The monoisotopic (exact) mass is 443 g/mol. The van der Waals surface area contributed by atoms with Crippen molar-refractivity contribution in [2.24, 2.45) is 0 Å². The first-order valence-corrected chi connectivity index (χ1v) is 10.8. The molecule has 0 saturated heterocycles. The molecular formula is C22H26ClN5O3. The van der Waals surface area contributed by atoms with E-state index in [0.717, 1.165) is 19.3 Å². The number of carbonyl (C=O) groups excluding carboxylic acids is 2. The summed E-state index contributed by atoms with van der Waals surface area (Å²) < 4.78 is 6.47. The van der Waals surface area contributed by atoms with Crippen LogP contribution in [-0.2, 0) is 16.1 Å². The normalized spacial score (nSPS) is 12.0. The number of anilines is 1. The Morgan fingerprint density at radius 1 is 1.16 bits per heavy atom. The van der Waals surface area contributed by atoms with Gasteiger partial charge in [0.25, 0.3) is 5.91 Å². The molecule has 0 saturated carbocycles. The highest BCUT2D eigenvalue weighted by Crippen LogP contribution is 2.25. The molecule has 164 valence electrons. The molecule has 0 fully saturated rings. The van der Waals surface area contributed by atoms with Gasteiger partial charge < -0.3 is 9.30 Å². The van der Waals surface area contributed by atoms with Gasteiger partial charge in [-0.15, -0.1) is 0 Å². The first kappa shape index (κ1) is 22.7. The predicted octanol–water partition coefficient (Wildman–Crippen LogP) is 4.59. The molecule has 0 bridgehead atoms.